The number of aliphatic hydroxyl groups is 1. The highest BCUT2D eigenvalue weighted by Crippen LogP contribution is 2.34. The molecule has 3 rings (SSSR count). The maximum absolute atomic E-state index is 12.9. The van der Waals surface area contributed by atoms with Gasteiger partial charge in [-0.05, 0) is 31.9 Å². The lowest BCUT2D eigenvalue weighted by Gasteiger charge is -2.36. The van der Waals surface area contributed by atoms with Crippen LogP contribution in [0, 0.1) is 0 Å². The van der Waals surface area contributed by atoms with Crippen LogP contribution in [-0.2, 0) is 4.79 Å². The van der Waals surface area contributed by atoms with Crippen LogP contribution < -0.4 is 4.74 Å². The Hall–Kier alpha value is -2.62. The van der Waals surface area contributed by atoms with Gasteiger partial charge in [-0.25, -0.2) is 9.67 Å². The first-order chi connectivity index (χ1) is 13.1. The van der Waals surface area contributed by atoms with Crippen molar-refractivity contribution in [1.29, 1.82) is 0 Å². The molecule has 1 fully saturated rings. The minimum atomic E-state index is -5.01. The van der Waals surface area contributed by atoms with E-state index in [1.54, 1.807) is 23.1 Å². The van der Waals surface area contributed by atoms with Crippen LogP contribution in [0.15, 0.2) is 30.6 Å². The van der Waals surface area contributed by atoms with Crippen LogP contribution in [-0.4, -0.2) is 62.7 Å². The molecule has 2 aromatic rings. The molecule has 1 amide bonds. The van der Waals surface area contributed by atoms with Gasteiger partial charge in [-0.2, -0.15) is 18.3 Å². The number of aromatic nitrogens is 3. The number of rotatable bonds is 4. The van der Waals surface area contributed by atoms with Gasteiger partial charge in [0.1, 0.15) is 0 Å². The lowest BCUT2D eigenvalue weighted by molar-refractivity contribution is -0.250. The molecule has 1 atom stereocenters. The van der Waals surface area contributed by atoms with Crippen molar-refractivity contribution in [2.24, 2.45) is 0 Å². The number of hydrogen-bond acceptors (Lipinski definition) is 5. The molecule has 7 nitrogen and oxygen atoms in total. The molecule has 0 aromatic carbocycles. The third-order valence-electron chi connectivity index (χ3n) is 5.02. The van der Waals surface area contributed by atoms with Crippen molar-refractivity contribution in [2.45, 2.75) is 37.5 Å². The molecule has 1 aliphatic rings. The molecular formula is C18H21F3N4O3. The van der Waals surface area contributed by atoms with E-state index in [9.17, 15) is 23.1 Å². The quantitative estimate of drug-likeness (QED) is 0.855. The molecule has 28 heavy (non-hydrogen) atoms. The van der Waals surface area contributed by atoms with Gasteiger partial charge in [-0.1, -0.05) is 0 Å². The van der Waals surface area contributed by atoms with Crippen molar-refractivity contribution in [3.05, 3.63) is 36.3 Å². The van der Waals surface area contributed by atoms with Gasteiger partial charge in [0, 0.05) is 37.0 Å². The first-order valence-electron chi connectivity index (χ1n) is 8.78. The van der Waals surface area contributed by atoms with Gasteiger partial charge in [0.2, 0.25) is 11.5 Å². The Kier molecular flexibility index (Phi) is 5.33. The van der Waals surface area contributed by atoms with E-state index in [4.69, 9.17) is 4.74 Å². The third kappa shape index (κ3) is 3.68. The second kappa shape index (κ2) is 7.42. The fraction of sp³-hybridized carbons (Fsp3) is 0.500. The summed E-state index contributed by atoms with van der Waals surface area (Å²) in [4.78, 5) is 17.4. The summed E-state index contributed by atoms with van der Waals surface area (Å²) in [5, 5.41) is 13.9. The zero-order chi connectivity index (χ0) is 20.5. The van der Waals surface area contributed by atoms with Gasteiger partial charge in [0.05, 0.1) is 19.0 Å². The molecule has 152 valence electrons. The van der Waals surface area contributed by atoms with Crippen molar-refractivity contribution in [2.75, 3.05) is 20.2 Å². The number of pyridine rings is 1. The van der Waals surface area contributed by atoms with Gasteiger partial charge >= 0.3 is 6.18 Å². The fourth-order valence-electron chi connectivity index (χ4n) is 3.26. The molecule has 1 aliphatic heterocycles. The van der Waals surface area contributed by atoms with Crippen molar-refractivity contribution in [1.82, 2.24) is 19.7 Å². The minimum Gasteiger partial charge on any atom is -0.481 e. The Balaban J connectivity index is 1.71. The predicted molar refractivity (Wildman–Crippen MR) is 93.1 cm³/mol. The Morgan fingerprint density at radius 2 is 1.93 bits per heavy atom. The number of halogens is 3. The van der Waals surface area contributed by atoms with Crippen molar-refractivity contribution >= 4 is 5.91 Å². The summed E-state index contributed by atoms with van der Waals surface area (Å²) in [5.41, 5.74) is -1.75. The third-order valence-corrected chi connectivity index (χ3v) is 5.02. The maximum atomic E-state index is 12.9. The number of carbonyl (C=O) groups is 1. The van der Waals surface area contributed by atoms with E-state index in [1.807, 2.05) is 12.1 Å². The van der Waals surface area contributed by atoms with E-state index in [1.165, 1.54) is 7.11 Å². The van der Waals surface area contributed by atoms with E-state index in [-0.39, 0.29) is 19.0 Å². The number of methoxy groups -OCH3 is 1. The number of ether oxygens (including phenoxy) is 1. The SMILES string of the molecule is COc1ccc(-n2nccc2C2CCN(C(=O)C(C)(O)C(F)(F)F)CC2)cn1. The summed E-state index contributed by atoms with van der Waals surface area (Å²) in [5.74, 6) is -0.822. The first-order valence-corrected chi connectivity index (χ1v) is 8.78. The largest absolute Gasteiger partial charge is 0.481 e. The molecule has 1 unspecified atom stereocenters. The number of hydrogen-bond donors (Lipinski definition) is 1. The molecule has 3 heterocycles. The molecule has 1 saturated heterocycles. The number of likely N-dealkylation sites (tertiary alicyclic amines) is 1. The Morgan fingerprint density at radius 3 is 2.46 bits per heavy atom. The Labute approximate surface area is 159 Å². The number of piperidine rings is 1. The highest BCUT2D eigenvalue weighted by molar-refractivity contribution is 5.85. The van der Waals surface area contributed by atoms with E-state index in [2.05, 4.69) is 10.1 Å². The smallest absolute Gasteiger partial charge is 0.426 e. The normalized spacial score (nSPS) is 18.0. The maximum Gasteiger partial charge on any atom is 0.426 e. The summed E-state index contributed by atoms with van der Waals surface area (Å²) in [6, 6.07) is 5.36. The van der Waals surface area contributed by atoms with E-state index < -0.39 is 17.7 Å². The van der Waals surface area contributed by atoms with E-state index in [0.29, 0.717) is 25.6 Å². The topological polar surface area (TPSA) is 80.5 Å². The monoisotopic (exact) mass is 398 g/mol. The molecule has 0 saturated carbocycles. The van der Waals surface area contributed by atoms with Crippen LogP contribution in [0.5, 0.6) is 5.88 Å². The summed E-state index contributed by atoms with van der Waals surface area (Å²) >= 11 is 0. The lowest BCUT2D eigenvalue weighted by Crippen LogP contribution is -2.57. The van der Waals surface area contributed by atoms with Gasteiger partial charge in [-0.3, -0.25) is 4.79 Å². The second-order valence-electron chi connectivity index (χ2n) is 6.86. The average Bonchev–Trinajstić information content (AvgIpc) is 3.16. The van der Waals surface area contributed by atoms with Crippen LogP contribution in [0.25, 0.3) is 5.69 Å². The van der Waals surface area contributed by atoms with Crippen LogP contribution in [0.1, 0.15) is 31.4 Å². The molecule has 0 bridgehead atoms. The molecule has 0 aliphatic carbocycles. The number of alkyl halides is 3. The number of nitrogens with zero attached hydrogens (tertiary/aromatic N) is 4. The van der Waals surface area contributed by atoms with Crippen LogP contribution in [0.4, 0.5) is 13.2 Å². The zero-order valence-corrected chi connectivity index (χ0v) is 15.5. The second-order valence-corrected chi connectivity index (χ2v) is 6.86. The van der Waals surface area contributed by atoms with Crippen LogP contribution in [0.3, 0.4) is 0 Å². The van der Waals surface area contributed by atoms with Gasteiger partial charge < -0.3 is 14.7 Å². The highest BCUT2D eigenvalue weighted by atomic mass is 19.4. The standard InChI is InChI=1S/C18H21F3N4O3/c1-17(27,18(19,20)21)16(26)24-9-6-12(7-10-24)14-5-8-23-25(14)13-3-4-15(28-2)22-11-13/h3-5,8,11-12,27H,6-7,9-10H2,1-2H3. The molecular weight excluding hydrogens is 377 g/mol. The number of carbonyl (C=O) groups excluding carboxylic acids is 1. The van der Waals surface area contributed by atoms with Crippen molar-refractivity contribution in [3.8, 4) is 11.6 Å². The summed E-state index contributed by atoms with van der Waals surface area (Å²) in [6.45, 7) is 0.747. The van der Waals surface area contributed by atoms with Gasteiger partial charge in [0.25, 0.3) is 5.91 Å². The minimum absolute atomic E-state index is 0.0180. The Bertz CT molecular complexity index is 825. The Morgan fingerprint density at radius 1 is 1.25 bits per heavy atom. The summed E-state index contributed by atoms with van der Waals surface area (Å²) in [6.07, 6.45) is -0.815. The van der Waals surface area contributed by atoms with Crippen LogP contribution in [0.2, 0.25) is 0 Å². The summed E-state index contributed by atoms with van der Waals surface area (Å²) in [7, 11) is 1.52. The lowest BCUT2D eigenvalue weighted by atomic mass is 9.92. The molecule has 0 radical (unpaired) electrons. The molecule has 1 N–H and O–H groups in total. The predicted octanol–water partition coefficient (Wildman–Crippen LogP) is 2.30. The molecule has 10 heteroatoms. The van der Waals surface area contributed by atoms with Gasteiger partial charge in [0.15, 0.2) is 0 Å². The van der Waals surface area contributed by atoms with E-state index in [0.717, 1.165) is 16.3 Å². The van der Waals surface area contributed by atoms with E-state index >= 15 is 0 Å². The fourth-order valence-corrected chi connectivity index (χ4v) is 3.26. The first kappa shape index (κ1) is 20.1. The molecule has 2 aromatic heterocycles. The number of amides is 1. The highest BCUT2D eigenvalue weighted by Gasteiger charge is 2.57. The van der Waals surface area contributed by atoms with Gasteiger partial charge in [-0.15, -0.1) is 0 Å². The summed E-state index contributed by atoms with van der Waals surface area (Å²) < 4.78 is 45.5. The van der Waals surface area contributed by atoms with Crippen molar-refractivity contribution < 1.29 is 27.8 Å². The average molecular weight is 398 g/mol. The zero-order valence-electron chi connectivity index (χ0n) is 15.5. The van der Waals surface area contributed by atoms with Crippen LogP contribution >= 0.6 is 0 Å². The van der Waals surface area contributed by atoms with Crippen molar-refractivity contribution in [3.63, 3.8) is 0 Å². The molecule has 0 spiro atoms.